The molecule has 0 aliphatic heterocycles. The molecule has 1 atom stereocenters. The highest BCUT2D eigenvalue weighted by Gasteiger charge is 2.23. The van der Waals surface area contributed by atoms with Crippen molar-refractivity contribution in [1.29, 1.82) is 0 Å². The van der Waals surface area contributed by atoms with Gasteiger partial charge in [-0.25, -0.2) is 13.6 Å². The molecule has 28 heavy (non-hydrogen) atoms. The quantitative estimate of drug-likeness (QED) is 0.703. The lowest BCUT2D eigenvalue weighted by Gasteiger charge is -2.24. The number of aryl methyl sites for hydroxylation is 1. The summed E-state index contributed by atoms with van der Waals surface area (Å²) in [5.74, 6) is -2.29. The Morgan fingerprint density at radius 1 is 1.18 bits per heavy atom. The second-order valence-corrected chi connectivity index (χ2v) is 6.44. The number of oxazole rings is 1. The number of nitrogens with two attached hydrogens (primary N) is 1. The third-order valence-corrected chi connectivity index (χ3v) is 4.56. The van der Waals surface area contributed by atoms with Gasteiger partial charge in [0.15, 0.2) is 5.58 Å². The van der Waals surface area contributed by atoms with Crippen LogP contribution in [0, 0.1) is 11.6 Å². The first kappa shape index (κ1) is 19.8. The summed E-state index contributed by atoms with van der Waals surface area (Å²) >= 11 is 0. The van der Waals surface area contributed by atoms with Crippen LogP contribution in [0.15, 0.2) is 45.6 Å². The molecule has 0 aliphatic rings. The minimum Gasteiger partial charge on any atom is -0.408 e. The van der Waals surface area contributed by atoms with Crippen molar-refractivity contribution in [2.75, 3.05) is 11.4 Å². The summed E-state index contributed by atoms with van der Waals surface area (Å²) in [5.41, 5.74) is 7.90. The number of benzene rings is 2. The lowest BCUT2D eigenvalue weighted by atomic mass is 10.0. The Morgan fingerprint density at radius 3 is 2.46 bits per heavy atom. The van der Waals surface area contributed by atoms with Gasteiger partial charge in [-0.15, -0.1) is 0 Å². The number of nitrogens with zero attached hydrogens (tertiary/aromatic N) is 2. The molecule has 1 amide bonds. The van der Waals surface area contributed by atoms with E-state index in [1.165, 1.54) is 9.47 Å². The van der Waals surface area contributed by atoms with Crippen LogP contribution in [-0.4, -0.2) is 23.1 Å². The van der Waals surface area contributed by atoms with Crippen molar-refractivity contribution >= 4 is 22.7 Å². The highest BCUT2D eigenvalue weighted by molar-refractivity contribution is 5.98. The average molecular weight is 389 g/mol. The predicted molar refractivity (Wildman–Crippen MR) is 102 cm³/mol. The van der Waals surface area contributed by atoms with Gasteiger partial charge < -0.3 is 15.1 Å². The van der Waals surface area contributed by atoms with E-state index in [0.717, 1.165) is 18.2 Å². The Kier molecular flexibility index (Phi) is 5.60. The molecule has 0 radical (unpaired) electrons. The summed E-state index contributed by atoms with van der Waals surface area (Å²) < 4.78 is 33.4. The van der Waals surface area contributed by atoms with Gasteiger partial charge in [-0.05, 0) is 56.2 Å². The summed E-state index contributed by atoms with van der Waals surface area (Å²) in [7, 11) is 0. The molecule has 3 aromatic rings. The smallest absolute Gasteiger partial charge is 0.408 e. The summed E-state index contributed by atoms with van der Waals surface area (Å²) in [4.78, 5) is 26.2. The Labute approximate surface area is 160 Å². The summed E-state index contributed by atoms with van der Waals surface area (Å²) in [6.45, 7) is 4.38. The van der Waals surface area contributed by atoms with Crippen LogP contribution in [0.25, 0.3) is 11.1 Å². The number of likely N-dealkylation sites (N-methyl/N-ethyl adjacent to an activating group) is 1. The molecule has 0 bridgehead atoms. The lowest BCUT2D eigenvalue weighted by molar-refractivity contribution is -0.119. The van der Waals surface area contributed by atoms with E-state index >= 15 is 0 Å². The van der Waals surface area contributed by atoms with Gasteiger partial charge in [0, 0.05) is 24.8 Å². The van der Waals surface area contributed by atoms with E-state index in [-0.39, 0.29) is 12.3 Å². The Morgan fingerprint density at radius 2 is 1.86 bits per heavy atom. The number of aromatic nitrogens is 1. The Bertz CT molecular complexity index is 1050. The topological polar surface area (TPSA) is 81.5 Å². The van der Waals surface area contributed by atoms with Crippen LogP contribution in [0.4, 0.5) is 14.5 Å². The van der Waals surface area contributed by atoms with Gasteiger partial charge in [0.2, 0.25) is 5.91 Å². The van der Waals surface area contributed by atoms with E-state index in [9.17, 15) is 18.4 Å². The fourth-order valence-electron chi connectivity index (χ4n) is 3.25. The minimum absolute atomic E-state index is 0.00235. The maximum atomic E-state index is 13.4. The molecular weight excluding hydrogens is 368 g/mol. The molecular formula is C20H21F2N3O3. The van der Waals surface area contributed by atoms with Crippen LogP contribution >= 0.6 is 0 Å². The van der Waals surface area contributed by atoms with Crippen molar-refractivity contribution in [2.45, 2.75) is 32.9 Å². The molecule has 3 rings (SSSR count). The van der Waals surface area contributed by atoms with E-state index in [0.29, 0.717) is 35.4 Å². The van der Waals surface area contributed by atoms with Crippen LogP contribution in [0.2, 0.25) is 0 Å². The van der Waals surface area contributed by atoms with Crippen molar-refractivity contribution in [3.63, 3.8) is 0 Å². The van der Waals surface area contributed by atoms with Gasteiger partial charge in [0.1, 0.15) is 11.6 Å². The standard InChI is InChI=1S/C20H21F2N3O3/c1-3-24(15-5-6-18-17(11-15)25(4-2)20(27)28-18)19(26)16(23)9-12-7-13(21)10-14(22)8-12/h5-8,10-11,16H,3-4,9,23H2,1-2H3/t16-/m0/s1. The fourth-order valence-corrected chi connectivity index (χ4v) is 3.25. The summed E-state index contributed by atoms with van der Waals surface area (Å²) in [5, 5.41) is 0. The van der Waals surface area contributed by atoms with Crippen LogP contribution in [-0.2, 0) is 17.8 Å². The lowest BCUT2D eigenvalue weighted by Crippen LogP contribution is -2.45. The molecule has 8 heteroatoms. The first-order valence-electron chi connectivity index (χ1n) is 8.99. The second kappa shape index (κ2) is 7.93. The van der Waals surface area contributed by atoms with Gasteiger partial charge >= 0.3 is 5.76 Å². The summed E-state index contributed by atoms with van der Waals surface area (Å²) in [6.07, 6.45) is -0.00235. The molecule has 0 unspecified atom stereocenters. The number of hydrogen-bond donors (Lipinski definition) is 1. The van der Waals surface area contributed by atoms with Crippen molar-refractivity contribution in [3.05, 3.63) is 64.1 Å². The number of carbonyl (C=O) groups excluding carboxylic acids is 1. The minimum atomic E-state index is -0.977. The van der Waals surface area contributed by atoms with E-state index in [4.69, 9.17) is 10.2 Å². The molecule has 0 aliphatic carbocycles. The zero-order chi connectivity index (χ0) is 20.4. The number of fused-ring (bicyclic) bond motifs is 1. The zero-order valence-electron chi connectivity index (χ0n) is 15.6. The van der Waals surface area contributed by atoms with Gasteiger partial charge in [0.05, 0.1) is 11.6 Å². The van der Waals surface area contributed by atoms with E-state index in [1.807, 2.05) is 6.92 Å². The van der Waals surface area contributed by atoms with Crippen LogP contribution < -0.4 is 16.4 Å². The molecule has 148 valence electrons. The maximum Gasteiger partial charge on any atom is 0.419 e. The third-order valence-electron chi connectivity index (χ3n) is 4.56. The predicted octanol–water partition coefficient (Wildman–Crippen LogP) is 2.82. The molecule has 2 aromatic carbocycles. The normalized spacial score (nSPS) is 12.3. The first-order chi connectivity index (χ1) is 13.3. The molecule has 0 saturated heterocycles. The van der Waals surface area contributed by atoms with Crippen LogP contribution in [0.5, 0.6) is 0 Å². The molecule has 1 aromatic heterocycles. The number of halogens is 2. The number of carbonyl (C=O) groups is 1. The monoisotopic (exact) mass is 389 g/mol. The van der Waals surface area contributed by atoms with Gasteiger partial charge in [-0.2, -0.15) is 0 Å². The fraction of sp³-hybridized carbons (Fsp3) is 0.300. The highest BCUT2D eigenvalue weighted by atomic mass is 19.1. The molecule has 6 nitrogen and oxygen atoms in total. The number of amides is 1. The zero-order valence-corrected chi connectivity index (χ0v) is 15.6. The maximum absolute atomic E-state index is 13.4. The summed E-state index contributed by atoms with van der Waals surface area (Å²) in [6, 6.07) is 7.09. The van der Waals surface area contributed by atoms with Crippen molar-refractivity contribution in [2.24, 2.45) is 5.73 Å². The molecule has 0 saturated carbocycles. The third kappa shape index (κ3) is 3.82. The van der Waals surface area contributed by atoms with Gasteiger partial charge in [-0.3, -0.25) is 9.36 Å². The SMILES string of the molecule is CCN(C(=O)[C@@H](N)Cc1cc(F)cc(F)c1)c1ccc2oc(=O)n(CC)c2c1. The van der Waals surface area contributed by atoms with E-state index < -0.39 is 23.4 Å². The molecule has 2 N–H and O–H groups in total. The number of anilines is 1. The number of rotatable bonds is 6. The van der Waals surface area contributed by atoms with E-state index in [2.05, 4.69) is 0 Å². The van der Waals surface area contributed by atoms with E-state index in [1.54, 1.807) is 25.1 Å². The average Bonchev–Trinajstić information content (AvgIpc) is 2.95. The van der Waals surface area contributed by atoms with Gasteiger partial charge in [0.25, 0.3) is 0 Å². The molecule has 0 spiro atoms. The largest absolute Gasteiger partial charge is 0.419 e. The Balaban J connectivity index is 1.88. The second-order valence-electron chi connectivity index (χ2n) is 6.44. The van der Waals surface area contributed by atoms with Crippen molar-refractivity contribution < 1.29 is 18.0 Å². The first-order valence-corrected chi connectivity index (χ1v) is 8.99. The highest BCUT2D eigenvalue weighted by Crippen LogP contribution is 2.23. The Hall–Kier alpha value is -3.00. The van der Waals surface area contributed by atoms with Crippen LogP contribution in [0.3, 0.4) is 0 Å². The van der Waals surface area contributed by atoms with Crippen molar-refractivity contribution in [1.82, 2.24) is 4.57 Å². The van der Waals surface area contributed by atoms with Gasteiger partial charge in [-0.1, -0.05) is 0 Å². The molecule has 1 heterocycles. The molecule has 0 fully saturated rings. The number of hydrogen-bond acceptors (Lipinski definition) is 4. The van der Waals surface area contributed by atoms with Crippen molar-refractivity contribution in [3.8, 4) is 0 Å². The van der Waals surface area contributed by atoms with Crippen LogP contribution in [0.1, 0.15) is 19.4 Å².